The van der Waals surface area contributed by atoms with Crippen molar-refractivity contribution in [2.75, 3.05) is 46.1 Å². The lowest BCUT2D eigenvalue weighted by molar-refractivity contribution is -0.144. The summed E-state index contributed by atoms with van der Waals surface area (Å²) in [4.78, 5) is 177. The highest BCUT2D eigenvalue weighted by molar-refractivity contribution is 6.00. The van der Waals surface area contributed by atoms with E-state index >= 15 is 0 Å². The maximum Gasteiger partial charge on any atom is 0.326 e. The zero-order valence-electron chi connectivity index (χ0n) is 42.7. The summed E-state index contributed by atoms with van der Waals surface area (Å²) in [7, 11) is 0. The molecule has 24 N–H and O–H groups in total. The fourth-order valence-corrected chi connectivity index (χ4v) is 6.21. The Hall–Kier alpha value is -7.70. The topological polar surface area (TPSA) is 591 Å². The maximum absolute atomic E-state index is 13.6. The number of aliphatic hydroxyl groups excluding tert-OH is 6. The Morgan fingerprint density at radius 2 is 0.753 bits per heavy atom. The van der Waals surface area contributed by atoms with Gasteiger partial charge < -0.3 is 111 Å². The van der Waals surface area contributed by atoms with Gasteiger partial charge in [-0.1, -0.05) is 34.1 Å². The molecule has 13 amide bonds. The highest BCUT2D eigenvalue weighted by atomic mass is 16.4. The van der Waals surface area contributed by atoms with Crippen molar-refractivity contribution >= 4 is 82.8 Å². The molecule has 0 aromatic carbocycles. The van der Waals surface area contributed by atoms with Crippen molar-refractivity contribution < 1.29 is 103 Å². The first-order chi connectivity index (χ1) is 35.9. The van der Waals surface area contributed by atoms with E-state index in [1.165, 1.54) is 20.8 Å². The van der Waals surface area contributed by atoms with Gasteiger partial charge in [-0.05, 0) is 18.8 Å². The lowest BCUT2D eigenvalue weighted by atomic mass is 9.97. The molecule has 0 aliphatic heterocycles. The molecule has 0 rings (SSSR count). The number of nitrogens with one attached hydrogen (secondary N) is 11. The first kappa shape index (κ1) is 69.3. The maximum atomic E-state index is 13.6. The molecule has 0 fully saturated rings. The van der Waals surface area contributed by atoms with Crippen LogP contribution in [0, 0.1) is 11.8 Å². The van der Waals surface area contributed by atoms with Crippen molar-refractivity contribution in [3.05, 3.63) is 0 Å². The van der Waals surface area contributed by atoms with E-state index in [4.69, 9.17) is 22.3 Å². The summed E-state index contributed by atoms with van der Waals surface area (Å²) in [6.45, 7) is 0.0212. The molecule has 0 heterocycles. The van der Waals surface area contributed by atoms with Crippen molar-refractivity contribution in [1.82, 2.24) is 58.5 Å². The van der Waals surface area contributed by atoms with Crippen molar-refractivity contribution in [3.63, 3.8) is 0 Å². The fraction of sp³-hybridized carbons (Fsp3) is 0.667. The Labute approximate surface area is 439 Å². The third kappa shape index (κ3) is 24.7. The normalized spacial score (nSPS) is 15.6. The van der Waals surface area contributed by atoms with Crippen LogP contribution < -0.4 is 75.7 Å². The minimum atomic E-state index is -1.97. The zero-order valence-corrected chi connectivity index (χ0v) is 42.7. The molecule has 0 bridgehead atoms. The van der Waals surface area contributed by atoms with E-state index in [0.29, 0.717) is 0 Å². The second kappa shape index (κ2) is 34.8. The number of hydrogen-bond donors (Lipinski definition) is 21. The second-order valence-corrected chi connectivity index (χ2v) is 17.4. The number of carboxylic acids is 1. The summed E-state index contributed by atoms with van der Waals surface area (Å²) in [5.41, 5.74) is 15.7. The van der Waals surface area contributed by atoms with E-state index in [1.54, 1.807) is 6.92 Å². The molecule has 0 aliphatic rings. The quantitative estimate of drug-likeness (QED) is 0.0277. The summed E-state index contributed by atoms with van der Waals surface area (Å²) in [5, 5.41) is 91.2. The van der Waals surface area contributed by atoms with Crippen molar-refractivity contribution in [2.45, 2.75) is 120 Å². The number of carboxylic acid groups (broad SMARTS) is 1. The Balaban J connectivity index is 5.94. The van der Waals surface area contributed by atoms with Crippen molar-refractivity contribution in [1.29, 1.82) is 0 Å². The minimum absolute atomic E-state index is 0.175. The van der Waals surface area contributed by atoms with Crippen LogP contribution in [0.15, 0.2) is 0 Å². The number of hydrogen-bond acceptors (Lipinski definition) is 21. The number of aliphatic hydroxyl groups is 6. The van der Waals surface area contributed by atoms with Gasteiger partial charge in [-0.2, -0.15) is 0 Å². The van der Waals surface area contributed by atoms with E-state index in [2.05, 4.69) is 42.5 Å². The van der Waals surface area contributed by atoms with Crippen LogP contribution in [-0.2, 0) is 67.1 Å². The first-order valence-corrected chi connectivity index (χ1v) is 23.5. The van der Waals surface area contributed by atoms with Crippen LogP contribution in [0.25, 0.3) is 0 Å². The van der Waals surface area contributed by atoms with Crippen LogP contribution in [0.2, 0.25) is 0 Å². The number of carbonyl (C=O) groups excluding carboxylic acids is 13. The lowest BCUT2D eigenvalue weighted by Gasteiger charge is -2.28. The summed E-state index contributed by atoms with van der Waals surface area (Å²) >= 11 is 0. The Morgan fingerprint density at radius 3 is 1.13 bits per heavy atom. The van der Waals surface area contributed by atoms with Crippen molar-refractivity contribution in [2.24, 2.45) is 29.0 Å². The third-order valence-electron chi connectivity index (χ3n) is 10.8. The average Bonchev–Trinajstić information content (AvgIpc) is 3.36. The molecule has 0 radical (unpaired) electrons. The smallest absolute Gasteiger partial charge is 0.326 e. The van der Waals surface area contributed by atoms with E-state index in [9.17, 15) is 97.8 Å². The highest BCUT2D eigenvalue weighted by Gasteiger charge is 2.37. The van der Waals surface area contributed by atoms with E-state index in [-0.39, 0.29) is 6.42 Å². The van der Waals surface area contributed by atoms with Crippen LogP contribution in [0.4, 0.5) is 0 Å². The number of aliphatic carboxylic acids is 1. The second-order valence-electron chi connectivity index (χ2n) is 17.4. The number of amides is 13. The molecule has 0 saturated heterocycles. The monoisotopic (exact) mass is 1110 g/mol. The predicted octanol–water partition coefficient (Wildman–Crippen LogP) is -13.2. The molecule has 0 unspecified atom stereocenters. The molecule has 77 heavy (non-hydrogen) atoms. The molecule has 35 heteroatoms. The van der Waals surface area contributed by atoms with Gasteiger partial charge in [-0.3, -0.25) is 62.3 Å². The third-order valence-corrected chi connectivity index (χ3v) is 10.8. The van der Waals surface area contributed by atoms with Gasteiger partial charge in [0.05, 0.1) is 65.1 Å². The van der Waals surface area contributed by atoms with Gasteiger partial charge in [0.25, 0.3) is 0 Å². The Kier molecular flexibility index (Phi) is 31.3. The molecule has 0 aromatic heterocycles. The fourth-order valence-electron chi connectivity index (χ4n) is 6.21. The van der Waals surface area contributed by atoms with Crippen LogP contribution in [0.3, 0.4) is 0 Å². The molecule has 12 atom stereocenters. The molecular weight excluding hydrogens is 1040 g/mol. The van der Waals surface area contributed by atoms with Crippen LogP contribution in [0.5, 0.6) is 0 Å². The molecule has 0 spiro atoms. The van der Waals surface area contributed by atoms with Gasteiger partial charge >= 0.3 is 5.97 Å². The van der Waals surface area contributed by atoms with E-state index in [0.717, 1.165) is 6.92 Å². The summed E-state index contributed by atoms with van der Waals surface area (Å²) in [5.74, 6) is -18.2. The Bertz CT molecular complexity index is 2120. The molecule has 35 nitrogen and oxygen atoms in total. The van der Waals surface area contributed by atoms with Gasteiger partial charge in [0.2, 0.25) is 76.8 Å². The van der Waals surface area contributed by atoms with Crippen LogP contribution in [0.1, 0.15) is 53.9 Å². The largest absolute Gasteiger partial charge is 0.480 e. The van der Waals surface area contributed by atoms with Gasteiger partial charge in [0, 0.05) is 0 Å². The summed E-state index contributed by atoms with van der Waals surface area (Å²) < 4.78 is 0. The molecule has 436 valence electrons. The highest BCUT2D eigenvalue weighted by Crippen LogP contribution is 2.10. The zero-order chi connectivity index (χ0) is 59.4. The molecule has 0 saturated carbocycles. The average molecular weight is 1110 g/mol. The Morgan fingerprint density at radius 1 is 0.416 bits per heavy atom. The van der Waals surface area contributed by atoms with Gasteiger partial charge in [0.1, 0.15) is 60.4 Å². The van der Waals surface area contributed by atoms with E-state index < -0.39 is 220 Å². The van der Waals surface area contributed by atoms with Gasteiger partial charge in [0.15, 0.2) is 0 Å². The first-order valence-electron chi connectivity index (χ1n) is 23.5. The van der Waals surface area contributed by atoms with Gasteiger partial charge in [-0.15, -0.1) is 0 Å². The summed E-state index contributed by atoms with van der Waals surface area (Å²) in [6.07, 6.45) is -3.25. The van der Waals surface area contributed by atoms with Crippen LogP contribution in [-0.4, -0.2) is 231 Å². The van der Waals surface area contributed by atoms with Gasteiger partial charge in [-0.25, -0.2) is 4.79 Å². The van der Waals surface area contributed by atoms with Crippen LogP contribution >= 0.6 is 0 Å². The summed E-state index contributed by atoms with van der Waals surface area (Å²) in [6, 6.07) is -17.4. The molecule has 0 aromatic rings. The number of nitrogens with two attached hydrogens (primary N) is 3. The molecule has 0 aliphatic carbocycles. The number of rotatable bonds is 36. The standard InChI is InChI=1S/C42H72N14O21/c1-6-17(4)31(39(73)47-10-29(66)49-23(13-59)38(72)56-32(18(5)62)41(75)54-30(16(2)3)40(74)51-21(42(76)77)8-27(45)64)55-34(68)20(7-26(44)63)50-36(70)24(14-60)53-37(71)25(15-61)52-35(69)22(12-58)48-28(65)9-46-33(67)19(43)11-57/h16-25,30-32,57-62H,6-15,43H2,1-5H3,(H2,44,63)(H2,45,64)(H,46,67)(H,47,73)(H,48,65)(H,49,66)(H,50,70)(H,51,74)(H,52,69)(H,53,71)(H,54,75)(H,55,68)(H,56,72)(H,76,77)/t17-,18+,19-,20-,21-,22-,23-,24-,25-,30-,31-,32-/m0/s1. The van der Waals surface area contributed by atoms with E-state index in [1.807, 2.05) is 16.0 Å². The lowest BCUT2D eigenvalue weighted by Crippen LogP contribution is -2.62. The van der Waals surface area contributed by atoms with Crippen molar-refractivity contribution in [3.8, 4) is 0 Å². The number of carbonyl (C=O) groups is 14. The number of primary amides is 2. The molecular formula is C42H72N14O21. The minimum Gasteiger partial charge on any atom is -0.480 e. The SMILES string of the molecule is CC[C@H](C)[C@H](NC(=O)[C@H](CC(N)=O)NC(=O)[C@H](CO)NC(=O)[C@H](CO)NC(=O)[C@H](CO)NC(=O)CNC(=O)[C@@H](N)CO)C(=O)NCC(=O)N[C@@H](CO)C(=O)N[C@H](C(=O)N[C@H](C(=O)N[C@@H](CC(N)=O)C(=O)O)C(C)C)[C@@H](C)O. The predicted molar refractivity (Wildman–Crippen MR) is 258 cm³/mol.